The van der Waals surface area contributed by atoms with E-state index < -0.39 is 11.9 Å². The van der Waals surface area contributed by atoms with Gasteiger partial charge in [0.1, 0.15) is 17.6 Å². The summed E-state index contributed by atoms with van der Waals surface area (Å²) in [6, 6.07) is 8.91. The number of carbonyl (C=O) groups excluding carboxylic acids is 1. The van der Waals surface area contributed by atoms with Crippen molar-refractivity contribution in [1.29, 1.82) is 0 Å². The number of pyridine rings is 1. The van der Waals surface area contributed by atoms with E-state index in [2.05, 4.69) is 25.2 Å². The number of hydrogen-bond acceptors (Lipinski definition) is 6. The molecule has 1 N–H and O–H groups in total. The number of azide groups is 1. The van der Waals surface area contributed by atoms with Crippen molar-refractivity contribution < 1.29 is 9.18 Å². The van der Waals surface area contributed by atoms with E-state index in [0.29, 0.717) is 34.9 Å². The second-order valence-corrected chi connectivity index (χ2v) is 8.45. The van der Waals surface area contributed by atoms with E-state index >= 15 is 0 Å². The molecule has 0 amide bonds. The van der Waals surface area contributed by atoms with Crippen LogP contribution in [0.5, 0.6) is 0 Å². The van der Waals surface area contributed by atoms with Crippen LogP contribution in [0.15, 0.2) is 64.0 Å². The Bertz CT molecular complexity index is 1150. The third kappa shape index (κ3) is 5.22. The van der Waals surface area contributed by atoms with Gasteiger partial charge in [0.2, 0.25) is 0 Å². The first-order valence-corrected chi connectivity index (χ1v) is 11.1. The highest BCUT2D eigenvalue weighted by Crippen LogP contribution is 2.36. The number of carbonyl (C=O) groups is 1. The summed E-state index contributed by atoms with van der Waals surface area (Å²) in [6.07, 6.45) is 3.17. The minimum absolute atomic E-state index is 0.0109. The molecule has 2 aliphatic heterocycles. The first-order chi connectivity index (χ1) is 16.0. The Labute approximate surface area is 195 Å². The Kier molecular flexibility index (Phi) is 7.03. The number of aromatic nitrogens is 1. The number of Topliss-reactive ketones (excluding diaryl/α,β-unsaturated/α-hetero) is 1. The molecule has 1 saturated heterocycles. The highest BCUT2D eigenvalue weighted by Gasteiger charge is 2.32. The highest BCUT2D eigenvalue weighted by molar-refractivity contribution is 6.31. The SMILES string of the molecule is CC(=O)C1=C(CN2CCC(N=[N+]=[N-])CC2)NC(c2ccccn2)=NC1c1ccc(F)cc1Cl. The molecule has 0 spiro atoms. The smallest absolute Gasteiger partial charge is 0.160 e. The van der Waals surface area contributed by atoms with Gasteiger partial charge in [-0.3, -0.25) is 19.7 Å². The molecule has 2 aliphatic rings. The number of rotatable bonds is 6. The average Bonchev–Trinajstić information content (AvgIpc) is 2.80. The number of amidine groups is 1. The van der Waals surface area contributed by atoms with Crippen molar-refractivity contribution in [2.45, 2.75) is 31.8 Å². The predicted molar refractivity (Wildman–Crippen MR) is 124 cm³/mol. The third-order valence-electron chi connectivity index (χ3n) is 5.82. The quantitative estimate of drug-likeness (QED) is 0.381. The minimum atomic E-state index is -0.690. The van der Waals surface area contributed by atoms with Gasteiger partial charge < -0.3 is 5.32 Å². The van der Waals surface area contributed by atoms with Gasteiger partial charge in [0.25, 0.3) is 0 Å². The Hall–Kier alpha value is -3.26. The third-order valence-corrected chi connectivity index (χ3v) is 6.15. The zero-order valence-electron chi connectivity index (χ0n) is 18.1. The van der Waals surface area contributed by atoms with E-state index in [0.717, 1.165) is 25.9 Å². The maximum atomic E-state index is 13.7. The standard InChI is InChI=1S/C23H23ClFN7O/c1-14(33)21-20(13-32-10-7-16(8-11-32)30-31-26)28-23(19-4-2-3-9-27-19)29-22(21)17-6-5-15(25)12-18(17)24/h2-6,9,12,16,22H,7-8,10-11,13H2,1H3,(H,28,29). The monoisotopic (exact) mass is 467 g/mol. The molecule has 1 aromatic heterocycles. The summed E-state index contributed by atoms with van der Waals surface area (Å²) in [6.45, 7) is 3.45. The molecule has 1 atom stereocenters. The summed E-state index contributed by atoms with van der Waals surface area (Å²) in [5.74, 6) is -0.0799. The van der Waals surface area contributed by atoms with Gasteiger partial charge in [-0.2, -0.15) is 0 Å². The molecular weight excluding hydrogens is 445 g/mol. The van der Waals surface area contributed by atoms with Crippen LogP contribution in [0.25, 0.3) is 10.4 Å². The minimum Gasteiger partial charge on any atom is -0.341 e. The van der Waals surface area contributed by atoms with Crippen molar-refractivity contribution >= 4 is 23.2 Å². The maximum Gasteiger partial charge on any atom is 0.160 e. The molecule has 8 nitrogen and oxygen atoms in total. The Morgan fingerprint density at radius 1 is 1.33 bits per heavy atom. The fourth-order valence-electron chi connectivity index (χ4n) is 4.20. The van der Waals surface area contributed by atoms with Crippen molar-refractivity contribution in [3.8, 4) is 0 Å². The number of piperidine rings is 1. The van der Waals surface area contributed by atoms with Crippen LogP contribution in [0.2, 0.25) is 5.02 Å². The van der Waals surface area contributed by atoms with Gasteiger partial charge in [-0.1, -0.05) is 28.8 Å². The molecule has 3 heterocycles. The normalized spacial score (nSPS) is 19.5. The van der Waals surface area contributed by atoms with Gasteiger partial charge in [-0.25, -0.2) is 4.39 Å². The van der Waals surface area contributed by atoms with Gasteiger partial charge in [-0.05, 0) is 62.7 Å². The molecule has 0 radical (unpaired) electrons. The van der Waals surface area contributed by atoms with Crippen LogP contribution >= 0.6 is 11.6 Å². The Morgan fingerprint density at radius 3 is 2.76 bits per heavy atom. The molecule has 1 unspecified atom stereocenters. The Balaban J connectivity index is 1.73. The molecule has 1 fully saturated rings. The number of nitrogens with zero attached hydrogens (tertiary/aromatic N) is 6. The number of halogens is 2. The number of likely N-dealkylation sites (tertiary alicyclic amines) is 1. The van der Waals surface area contributed by atoms with Crippen molar-refractivity contribution in [2.24, 2.45) is 10.1 Å². The number of ketones is 1. The summed E-state index contributed by atoms with van der Waals surface area (Å²) in [7, 11) is 0. The fourth-order valence-corrected chi connectivity index (χ4v) is 4.47. The molecular formula is C23H23ClFN7O. The van der Waals surface area contributed by atoms with E-state index in [4.69, 9.17) is 22.1 Å². The topological polar surface area (TPSA) is 106 Å². The number of aliphatic imine (C=N–C) groups is 1. The van der Waals surface area contributed by atoms with Crippen molar-refractivity contribution in [2.75, 3.05) is 19.6 Å². The lowest BCUT2D eigenvalue weighted by atomic mass is 9.92. The van der Waals surface area contributed by atoms with E-state index in [1.807, 2.05) is 18.2 Å². The molecule has 2 aromatic rings. The zero-order chi connectivity index (χ0) is 23.4. The number of nitrogens with one attached hydrogen (secondary N) is 1. The van der Waals surface area contributed by atoms with Crippen molar-refractivity contribution in [3.63, 3.8) is 0 Å². The van der Waals surface area contributed by atoms with Gasteiger partial charge in [0.05, 0.1) is 0 Å². The summed E-state index contributed by atoms with van der Waals surface area (Å²) in [5, 5.41) is 7.36. The molecule has 4 rings (SSSR count). The van der Waals surface area contributed by atoms with Gasteiger partial charge in [0.15, 0.2) is 11.6 Å². The van der Waals surface area contributed by atoms with Crippen LogP contribution in [-0.2, 0) is 4.79 Å². The molecule has 1 aromatic carbocycles. The lowest BCUT2D eigenvalue weighted by Crippen LogP contribution is -2.42. The highest BCUT2D eigenvalue weighted by atomic mass is 35.5. The average molecular weight is 468 g/mol. The second kappa shape index (κ2) is 10.1. The van der Waals surface area contributed by atoms with E-state index in [1.165, 1.54) is 19.1 Å². The second-order valence-electron chi connectivity index (χ2n) is 8.05. The molecule has 0 saturated carbocycles. The molecule has 10 heteroatoms. The van der Waals surface area contributed by atoms with Crippen molar-refractivity contribution in [1.82, 2.24) is 15.2 Å². The summed E-state index contributed by atoms with van der Waals surface area (Å²) in [4.78, 5) is 27.1. The lowest BCUT2D eigenvalue weighted by Gasteiger charge is -2.34. The van der Waals surface area contributed by atoms with E-state index in [1.54, 1.807) is 12.3 Å². The summed E-state index contributed by atoms with van der Waals surface area (Å²) in [5.41, 5.74) is 11.1. The zero-order valence-corrected chi connectivity index (χ0v) is 18.8. The molecule has 33 heavy (non-hydrogen) atoms. The lowest BCUT2D eigenvalue weighted by molar-refractivity contribution is -0.114. The van der Waals surface area contributed by atoms with Crippen LogP contribution in [0.4, 0.5) is 4.39 Å². The van der Waals surface area contributed by atoms with Crippen molar-refractivity contribution in [3.05, 3.63) is 86.4 Å². The van der Waals surface area contributed by atoms with E-state index in [9.17, 15) is 9.18 Å². The van der Waals surface area contributed by atoms with Crippen LogP contribution in [0.1, 0.15) is 37.1 Å². The predicted octanol–water partition coefficient (Wildman–Crippen LogP) is 4.58. The van der Waals surface area contributed by atoms with Crippen LogP contribution < -0.4 is 5.32 Å². The molecule has 0 bridgehead atoms. The van der Waals surface area contributed by atoms with Gasteiger partial charge >= 0.3 is 0 Å². The summed E-state index contributed by atoms with van der Waals surface area (Å²) < 4.78 is 13.7. The van der Waals surface area contributed by atoms with Crippen LogP contribution in [0.3, 0.4) is 0 Å². The fraction of sp³-hybridized carbons (Fsp3) is 0.348. The summed E-state index contributed by atoms with van der Waals surface area (Å²) >= 11 is 6.38. The Morgan fingerprint density at radius 2 is 2.12 bits per heavy atom. The van der Waals surface area contributed by atoms with Gasteiger partial charge in [0, 0.05) is 45.6 Å². The molecule has 0 aliphatic carbocycles. The largest absolute Gasteiger partial charge is 0.341 e. The van der Waals surface area contributed by atoms with Crippen LogP contribution in [-0.4, -0.2) is 47.2 Å². The first-order valence-electron chi connectivity index (χ1n) is 10.7. The van der Waals surface area contributed by atoms with Gasteiger partial charge in [-0.15, -0.1) is 0 Å². The number of benzene rings is 1. The van der Waals surface area contributed by atoms with E-state index in [-0.39, 0.29) is 16.8 Å². The van der Waals surface area contributed by atoms with Crippen LogP contribution in [0, 0.1) is 5.82 Å². The number of hydrogen-bond donors (Lipinski definition) is 1. The maximum absolute atomic E-state index is 13.7. The molecule has 170 valence electrons. The first kappa shape index (κ1) is 22.9.